The maximum absolute atomic E-state index is 13.7. The number of nitrogens with zero attached hydrogens (tertiary/aromatic N) is 3. The summed E-state index contributed by atoms with van der Waals surface area (Å²) in [6, 6.07) is 1.47. The number of aliphatic hydroxyl groups excluding tert-OH is 2. The third-order valence-electron chi connectivity index (χ3n) is 2.75. The van der Waals surface area contributed by atoms with E-state index < -0.39 is 35.4 Å². The van der Waals surface area contributed by atoms with Crippen LogP contribution in [0.5, 0.6) is 0 Å². The molecule has 9 heteroatoms. The lowest BCUT2D eigenvalue weighted by atomic mass is 10.00. The van der Waals surface area contributed by atoms with Crippen molar-refractivity contribution >= 4 is 5.97 Å². The monoisotopic (exact) mass is 301 g/mol. The number of esters is 1. The van der Waals surface area contributed by atoms with E-state index >= 15 is 0 Å². The molecule has 0 amide bonds. The summed E-state index contributed by atoms with van der Waals surface area (Å²) < 4.78 is 31.6. The minimum Gasteiger partial charge on any atom is -0.465 e. The highest BCUT2D eigenvalue weighted by Gasteiger charge is 2.24. The predicted molar refractivity (Wildman–Crippen MR) is 67.3 cm³/mol. The van der Waals surface area contributed by atoms with Crippen LogP contribution in [0, 0.1) is 11.6 Å². The molecule has 0 aliphatic rings. The number of hydrogen-bond donors (Lipinski definition) is 2. The first-order valence-electron chi connectivity index (χ1n) is 5.86. The van der Waals surface area contributed by atoms with Crippen LogP contribution >= 0.6 is 0 Å². The molecule has 114 valence electrons. The van der Waals surface area contributed by atoms with Crippen LogP contribution in [0.3, 0.4) is 0 Å². The Hall–Kier alpha value is -2.22. The molecular weight excluding hydrogens is 288 g/mol. The van der Waals surface area contributed by atoms with Crippen LogP contribution in [-0.4, -0.2) is 35.9 Å². The van der Waals surface area contributed by atoms with Gasteiger partial charge in [0.1, 0.15) is 23.3 Å². The number of methoxy groups -OCH3 is 1. The Morgan fingerprint density at radius 1 is 1.43 bits per heavy atom. The highest BCUT2D eigenvalue weighted by Crippen LogP contribution is 2.24. The van der Waals surface area contributed by atoms with Gasteiger partial charge in [-0.3, -0.25) is 0 Å². The fourth-order valence-corrected chi connectivity index (χ4v) is 1.68. The molecule has 2 N–H and O–H groups in total. The summed E-state index contributed by atoms with van der Waals surface area (Å²) >= 11 is 0. The third-order valence-corrected chi connectivity index (χ3v) is 2.75. The minimum atomic E-state index is -1.59. The second kappa shape index (κ2) is 7.53. The fourth-order valence-electron chi connectivity index (χ4n) is 1.68. The zero-order valence-electron chi connectivity index (χ0n) is 11.0. The van der Waals surface area contributed by atoms with Gasteiger partial charge in [0.25, 0.3) is 0 Å². The van der Waals surface area contributed by atoms with Gasteiger partial charge in [0.05, 0.1) is 13.2 Å². The van der Waals surface area contributed by atoms with E-state index in [0.29, 0.717) is 0 Å². The molecule has 21 heavy (non-hydrogen) atoms. The second-order valence-electron chi connectivity index (χ2n) is 4.11. The first-order valence-corrected chi connectivity index (χ1v) is 5.86. The van der Waals surface area contributed by atoms with E-state index in [-0.39, 0.29) is 18.5 Å². The van der Waals surface area contributed by atoms with Crippen molar-refractivity contribution in [2.45, 2.75) is 18.6 Å². The number of halogens is 2. The highest BCUT2D eigenvalue weighted by molar-refractivity contribution is 5.90. The summed E-state index contributed by atoms with van der Waals surface area (Å²) in [5, 5.41) is 22.6. The van der Waals surface area contributed by atoms with Gasteiger partial charge in [-0.05, 0) is 29.6 Å². The summed E-state index contributed by atoms with van der Waals surface area (Å²) in [7, 11) is 0.976. The van der Waals surface area contributed by atoms with Crippen molar-refractivity contribution in [3.8, 4) is 0 Å². The molecule has 7 nitrogen and oxygen atoms in total. The van der Waals surface area contributed by atoms with Gasteiger partial charge in [0.2, 0.25) is 0 Å². The molecule has 0 spiro atoms. The molecule has 1 aromatic carbocycles. The molecule has 0 fully saturated rings. The first kappa shape index (κ1) is 16.8. The molecule has 0 bridgehead atoms. The molecule has 1 aromatic rings. The number of benzene rings is 1. The van der Waals surface area contributed by atoms with Crippen molar-refractivity contribution in [3.63, 3.8) is 0 Å². The Bertz CT molecular complexity index is 553. The van der Waals surface area contributed by atoms with E-state index in [1.165, 1.54) is 0 Å². The molecule has 0 aliphatic carbocycles. The Balaban J connectivity index is 2.99. The molecule has 0 heterocycles. The Kier molecular flexibility index (Phi) is 6.04. The standard InChI is InChI=1S/C12H13F2N3O4/c1-21-12(20)10-7(13)4-6(5-8(10)14)11(19)9(18)2-3-16-17-15/h4-5,9,11,18-19H,2-3H2,1H3. The van der Waals surface area contributed by atoms with Crippen LogP contribution in [0.2, 0.25) is 0 Å². The van der Waals surface area contributed by atoms with E-state index in [9.17, 15) is 23.8 Å². The predicted octanol–water partition coefficient (Wildman–Crippen LogP) is 1.85. The average molecular weight is 301 g/mol. The molecule has 0 radical (unpaired) electrons. The van der Waals surface area contributed by atoms with Crippen LogP contribution in [-0.2, 0) is 4.74 Å². The van der Waals surface area contributed by atoms with E-state index in [0.717, 1.165) is 19.2 Å². The Labute approximate surface area is 118 Å². The minimum absolute atomic E-state index is 0.0834. The largest absolute Gasteiger partial charge is 0.465 e. The number of aliphatic hydroxyl groups is 2. The summed E-state index contributed by atoms with van der Waals surface area (Å²) in [6.45, 7) is -0.0834. The molecular formula is C12H13F2N3O4. The van der Waals surface area contributed by atoms with E-state index in [4.69, 9.17) is 5.53 Å². The van der Waals surface area contributed by atoms with Gasteiger partial charge in [-0.15, -0.1) is 0 Å². The maximum Gasteiger partial charge on any atom is 0.343 e. The Morgan fingerprint density at radius 3 is 2.48 bits per heavy atom. The summed E-state index contributed by atoms with van der Waals surface area (Å²) in [6.07, 6.45) is -3.06. The maximum atomic E-state index is 13.7. The van der Waals surface area contributed by atoms with Crippen LogP contribution in [0.15, 0.2) is 17.2 Å². The SMILES string of the molecule is COC(=O)c1c(F)cc(C(O)C(O)CCN=[N+]=[N-])cc1F. The quantitative estimate of drug-likeness (QED) is 0.361. The molecule has 2 unspecified atom stereocenters. The van der Waals surface area contributed by atoms with Gasteiger partial charge in [-0.2, -0.15) is 0 Å². The average Bonchev–Trinajstić information content (AvgIpc) is 2.45. The van der Waals surface area contributed by atoms with Crippen molar-refractivity contribution < 1.29 is 28.5 Å². The summed E-state index contributed by atoms with van der Waals surface area (Å²) in [5.74, 6) is -3.61. The number of rotatable bonds is 6. The fraction of sp³-hybridized carbons (Fsp3) is 0.417. The van der Waals surface area contributed by atoms with E-state index in [1.54, 1.807) is 0 Å². The van der Waals surface area contributed by atoms with Crippen LogP contribution in [0.4, 0.5) is 8.78 Å². The van der Waals surface area contributed by atoms with Crippen LogP contribution in [0.25, 0.3) is 10.4 Å². The lowest BCUT2D eigenvalue weighted by molar-refractivity contribution is 0.0146. The van der Waals surface area contributed by atoms with Crippen molar-refractivity contribution in [3.05, 3.63) is 45.3 Å². The van der Waals surface area contributed by atoms with Gasteiger partial charge in [0.15, 0.2) is 0 Å². The highest BCUT2D eigenvalue weighted by atomic mass is 19.1. The third kappa shape index (κ3) is 4.12. The van der Waals surface area contributed by atoms with E-state index in [2.05, 4.69) is 14.8 Å². The second-order valence-corrected chi connectivity index (χ2v) is 4.11. The zero-order chi connectivity index (χ0) is 16.0. The molecule has 0 aliphatic heterocycles. The molecule has 0 saturated heterocycles. The van der Waals surface area contributed by atoms with E-state index in [1.807, 2.05) is 0 Å². The smallest absolute Gasteiger partial charge is 0.343 e. The van der Waals surface area contributed by atoms with Gasteiger partial charge in [-0.1, -0.05) is 5.11 Å². The lowest BCUT2D eigenvalue weighted by Crippen LogP contribution is -2.20. The number of carbonyl (C=O) groups excluding carboxylic acids is 1. The molecule has 0 saturated carbocycles. The number of hydrogen-bond acceptors (Lipinski definition) is 5. The van der Waals surface area contributed by atoms with Crippen molar-refractivity contribution in [1.29, 1.82) is 0 Å². The summed E-state index contributed by atoms with van der Waals surface area (Å²) in [5.41, 5.74) is 6.96. The first-order chi connectivity index (χ1) is 9.92. The number of ether oxygens (including phenoxy) is 1. The van der Waals surface area contributed by atoms with Crippen LogP contribution < -0.4 is 0 Å². The summed E-state index contributed by atoms with van der Waals surface area (Å²) in [4.78, 5) is 13.7. The Morgan fingerprint density at radius 2 is 2.00 bits per heavy atom. The normalized spacial score (nSPS) is 13.2. The topological polar surface area (TPSA) is 116 Å². The zero-order valence-corrected chi connectivity index (χ0v) is 11.0. The van der Waals surface area contributed by atoms with Gasteiger partial charge in [-0.25, -0.2) is 13.6 Å². The van der Waals surface area contributed by atoms with Gasteiger partial charge >= 0.3 is 5.97 Å². The molecule has 2 atom stereocenters. The number of azide groups is 1. The molecule has 1 rings (SSSR count). The van der Waals surface area contributed by atoms with Crippen molar-refractivity contribution in [2.24, 2.45) is 5.11 Å². The van der Waals surface area contributed by atoms with Gasteiger partial charge < -0.3 is 14.9 Å². The lowest BCUT2D eigenvalue weighted by Gasteiger charge is -2.18. The number of carbonyl (C=O) groups is 1. The van der Waals surface area contributed by atoms with Crippen LogP contribution in [0.1, 0.15) is 28.4 Å². The van der Waals surface area contributed by atoms with Crippen molar-refractivity contribution in [1.82, 2.24) is 0 Å². The van der Waals surface area contributed by atoms with Crippen molar-refractivity contribution in [2.75, 3.05) is 13.7 Å². The molecule has 0 aromatic heterocycles. The van der Waals surface area contributed by atoms with Gasteiger partial charge in [0, 0.05) is 11.5 Å².